The van der Waals surface area contributed by atoms with Gasteiger partial charge in [-0.25, -0.2) is 9.59 Å². The van der Waals surface area contributed by atoms with Crippen LogP contribution < -0.4 is 4.48 Å². The largest absolute Gasteiger partial charge is 0.463 e. The van der Waals surface area contributed by atoms with Gasteiger partial charge in [0.25, 0.3) is 0 Å². The smallest absolute Gasteiger partial charge is 0.374 e. The number of ether oxygens (including phenoxy) is 1. The third kappa shape index (κ3) is 2.56. The number of nitrogens with zero attached hydrogens (tertiary/aromatic N) is 1. The lowest BCUT2D eigenvalue weighted by atomic mass is 9.93. The van der Waals surface area contributed by atoms with Crippen LogP contribution >= 0.6 is 0 Å². The molecule has 5 heteroatoms. The predicted octanol–water partition coefficient (Wildman–Crippen LogP) is 2.49. The highest BCUT2D eigenvalue weighted by molar-refractivity contribution is 5.87. The standard InChI is InChI=1S/C14H20NO4/c1-15(10-16,11-6-4-3-5-7-11)13-9-8-12(19-13)14(17)18-2/h8-11H,3-7H2,1-2H3/q+1. The van der Waals surface area contributed by atoms with E-state index in [4.69, 9.17) is 4.42 Å². The van der Waals surface area contributed by atoms with Crippen molar-refractivity contribution in [3.05, 3.63) is 17.9 Å². The normalized spacial score (nSPS) is 19.7. The maximum absolute atomic E-state index is 11.6. The molecule has 0 saturated heterocycles. The molecule has 1 unspecified atom stereocenters. The number of quaternary nitrogens is 1. The minimum absolute atomic E-state index is 0.0942. The van der Waals surface area contributed by atoms with Gasteiger partial charge in [0.2, 0.25) is 5.76 Å². The zero-order chi connectivity index (χ0) is 13.9. The summed E-state index contributed by atoms with van der Waals surface area (Å²) in [7, 11) is 3.14. The van der Waals surface area contributed by atoms with Gasteiger partial charge in [-0.2, -0.15) is 4.48 Å². The third-order valence-electron chi connectivity index (χ3n) is 4.01. The van der Waals surface area contributed by atoms with Crippen molar-refractivity contribution in [3.63, 3.8) is 0 Å². The summed E-state index contributed by atoms with van der Waals surface area (Å²) >= 11 is 0. The first-order valence-electron chi connectivity index (χ1n) is 6.62. The molecular weight excluding hydrogens is 246 g/mol. The van der Waals surface area contributed by atoms with Gasteiger partial charge >= 0.3 is 18.3 Å². The summed E-state index contributed by atoms with van der Waals surface area (Å²) in [6.45, 7) is 0. The molecule has 0 spiro atoms. The van der Waals surface area contributed by atoms with Gasteiger partial charge < -0.3 is 9.15 Å². The number of carbonyl (C=O) groups is 2. The molecule has 1 amide bonds. The molecule has 1 saturated carbocycles. The van der Waals surface area contributed by atoms with Gasteiger partial charge in [0.1, 0.15) is 6.04 Å². The Hall–Kier alpha value is -1.62. The molecular formula is C14H20NO4+. The average Bonchev–Trinajstić information content (AvgIpc) is 2.97. The van der Waals surface area contributed by atoms with Crippen LogP contribution in [0.3, 0.4) is 0 Å². The molecule has 0 bridgehead atoms. The van der Waals surface area contributed by atoms with Crippen molar-refractivity contribution in [2.24, 2.45) is 0 Å². The molecule has 1 atom stereocenters. The van der Waals surface area contributed by atoms with Crippen LogP contribution in [0.15, 0.2) is 16.5 Å². The van der Waals surface area contributed by atoms with Crippen molar-refractivity contribution >= 4 is 18.3 Å². The second-order valence-electron chi connectivity index (χ2n) is 5.17. The SMILES string of the molecule is COC(=O)c1ccc([N+](C)(C=O)C2CCCCC2)o1. The number of hydrogen-bond donors (Lipinski definition) is 0. The van der Waals surface area contributed by atoms with Gasteiger partial charge in [-0.3, -0.25) is 0 Å². The van der Waals surface area contributed by atoms with Crippen LogP contribution in [0.4, 0.5) is 5.88 Å². The van der Waals surface area contributed by atoms with E-state index >= 15 is 0 Å². The highest BCUT2D eigenvalue weighted by Crippen LogP contribution is 2.32. The van der Waals surface area contributed by atoms with Gasteiger partial charge in [-0.05, 0) is 18.9 Å². The zero-order valence-corrected chi connectivity index (χ0v) is 11.4. The van der Waals surface area contributed by atoms with Gasteiger partial charge in [0.05, 0.1) is 14.2 Å². The molecule has 1 aliphatic rings. The molecule has 0 aromatic carbocycles. The Bertz CT molecular complexity index is 462. The average molecular weight is 266 g/mol. The fraction of sp³-hybridized carbons (Fsp3) is 0.571. The summed E-state index contributed by atoms with van der Waals surface area (Å²) < 4.78 is 10.2. The molecule has 1 aromatic rings. The van der Waals surface area contributed by atoms with Crippen LogP contribution in [0.25, 0.3) is 0 Å². The minimum Gasteiger partial charge on any atom is -0.463 e. The summed E-state index contributed by atoms with van der Waals surface area (Å²) in [4.78, 5) is 23.0. The van der Waals surface area contributed by atoms with Crippen molar-refractivity contribution in [2.75, 3.05) is 14.2 Å². The number of carbonyl (C=O) groups excluding carboxylic acids is 2. The van der Waals surface area contributed by atoms with Gasteiger partial charge in [-0.1, -0.05) is 6.42 Å². The van der Waals surface area contributed by atoms with E-state index in [2.05, 4.69) is 4.74 Å². The zero-order valence-electron chi connectivity index (χ0n) is 11.4. The van der Waals surface area contributed by atoms with E-state index in [-0.39, 0.29) is 16.3 Å². The first-order valence-corrected chi connectivity index (χ1v) is 6.62. The van der Waals surface area contributed by atoms with Crippen LogP contribution in [0.1, 0.15) is 42.7 Å². The van der Waals surface area contributed by atoms with E-state index in [0.717, 1.165) is 32.1 Å². The van der Waals surface area contributed by atoms with Crippen LogP contribution in [0.5, 0.6) is 0 Å². The lowest BCUT2D eigenvalue weighted by Gasteiger charge is -2.35. The van der Waals surface area contributed by atoms with E-state index in [9.17, 15) is 9.59 Å². The molecule has 1 aliphatic carbocycles. The third-order valence-corrected chi connectivity index (χ3v) is 4.01. The van der Waals surface area contributed by atoms with E-state index in [1.54, 1.807) is 12.1 Å². The molecule has 0 radical (unpaired) electrons. The first kappa shape index (κ1) is 13.8. The molecule has 19 heavy (non-hydrogen) atoms. The van der Waals surface area contributed by atoms with Crippen molar-refractivity contribution in [3.8, 4) is 0 Å². The van der Waals surface area contributed by atoms with Crippen molar-refractivity contribution in [1.29, 1.82) is 0 Å². The second kappa shape index (κ2) is 5.57. The first-order chi connectivity index (χ1) is 9.11. The van der Waals surface area contributed by atoms with Crippen molar-refractivity contribution < 1.29 is 18.7 Å². The van der Waals surface area contributed by atoms with Crippen LogP contribution in [0, 0.1) is 0 Å². The maximum Gasteiger partial charge on any atom is 0.374 e. The highest BCUT2D eigenvalue weighted by atomic mass is 16.5. The number of amides is 1. The number of methoxy groups -OCH3 is 1. The number of esters is 1. The topological polar surface area (TPSA) is 56.5 Å². The number of hydrogen-bond acceptors (Lipinski definition) is 4. The fourth-order valence-electron chi connectivity index (χ4n) is 2.73. The lowest BCUT2D eigenvalue weighted by molar-refractivity contribution is -0.119. The molecule has 1 aromatic heterocycles. The van der Waals surface area contributed by atoms with Gasteiger partial charge in [-0.15, -0.1) is 0 Å². The molecule has 0 aliphatic heterocycles. The van der Waals surface area contributed by atoms with Crippen molar-refractivity contribution in [1.82, 2.24) is 4.48 Å². The van der Waals surface area contributed by atoms with Crippen molar-refractivity contribution in [2.45, 2.75) is 38.1 Å². The molecule has 0 N–H and O–H groups in total. The summed E-state index contributed by atoms with van der Waals surface area (Å²) in [6.07, 6.45) is 6.40. The Morgan fingerprint density at radius 3 is 2.63 bits per heavy atom. The van der Waals surface area contributed by atoms with Gasteiger partial charge in [0.15, 0.2) is 0 Å². The fourth-order valence-corrected chi connectivity index (χ4v) is 2.73. The summed E-state index contributed by atoms with van der Waals surface area (Å²) in [6, 6.07) is 3.47. The summed E-state index contributed by atoms with van der Waals surface area (Å²) in [5.74, 6) is 0.120. The van der Waals surface area contributed by atoms with E-state index in [1.165, 1.54) is 13.5 Å². The second-order valence-corrected chi connectivity index (χ2v) is 5.17. The Labute approximate surface area is 112 Å². The molecule has 2 rings (SSSR count). The molecule has 5 nitrogen and oxygen atoms in total. The Kier molecular flexibility index (Phi) is 4.04. The summed E-state index contributed by atoms with van der Waals surface area (Å²) in [5, 5.41) is 0. The minimum atomic E-state index is -0.521. The molecule has 1 fully saturated rings. The monoisotopic (exact) mass is 266 g/mol. The van der Waals surface area contributed by atoms with E-state index < -0.39 is 5.97 Å². The van der Waals surface area contributed by atoms with E-state index in [0.29, 0.717) is 5.88 Å². The lowest BCUT2D eigenvalue weighted by Crippen LogP contribution is -2.53. The van der Waals surface area contributed by atoms with Crippen LogP contribution in [-0.2, 0) is 9.53 Å². The quantitative estimate of drug-likeness (QED) is 0.477. The number of furan rings is 1. The molecule has 1 heterocycles. The Balaban J connectivity index is 2.27. The predicted molar refractivity (Wildman–Crippen MR) is 70.7 cm³/mol. The Morgan fingerprint density at radius 1 is 1.37 bits per heavy atom. The summed E-state index contributed by atoms with van der Waals surface area (Å²) in [5.41, 5.74) is 0. The maximum atomic E-state index is 11.6. The van der Waals surface area contributed by atoms with Crippen LogP contribution in [-0.4, -0.2) is 32.6 Å². The van der Waals surface area contributed by atoms with Crippen LogP contribution in [0.2, 0.25) is 0 Å². The Morgan fingerprint density at radius 2 is 2.05 bits per heavy atom. The highest BCUT2D eigenvalue weighted by Gasteiger charge is 2.39. The number of rotatable bonds is 4. The molecule has 104 valence electrons. The van der Waals surface area contributed by atoms with E-state index in [1.807, 2.05) is 7.05 Å². The van der Waals surface area contributed by atoms with Gasteiger partial charge in [0, 0.05) is 18.9 Å².